The fraction of sp³-hybridized carbons (Fsp3) is 0.261. The number of nitrogens with one attached hydrogen (secondary N) is 1. The first kappa shape index (κ1) is 19.5. The van der Waals surface area contributed by atoms with Crippen LogP contribution in [0.3, 0.4) is 0 Å². The predicted molar refractivity (Wildman–Crippen MR) is 113 cm³/mol. The van der Waals surface area contributed by atoms with Crippen LogP contribution in [0.1, 0.15) is 40.5 Å². The highest BCUT2D eigenvalue weighted by Crippen LogP contribution is 2.37. The van der Waals surface area contributed by atoms with Crippen LogP contribution in [0.4, 0.5) is 5.69 Å². The third kappa shape index (κ3) is 3.98. The lowest BCUT2D eigenvalue weighted by Gasteiger charge is -2.14. The van der Waals surface area contributed by atoms with E-state index >= 15 is 0 Å². The lowest BCUT2D eigenvalue weighted by molar-refractivity contribution is -0.301. The van der Waals surface area contributed by atoms with Gasteiger partial charge in [0.05, 0.1) is 11.5 Å². The number of carbonyl (C=O) groups excluding carboxylic acids is 2. The van der Waals surface area contributed by atoms with Gasteiger partial charge >= 0.3 is 0 Å². The normalized spacial score (nSPS) is 12.7. The number of para-hydroxylation sites is 1. The molecule has 5 nitrogen and oxygen atoms in total. The molecule has 0 atom stereocenters. The zero-order valence-electron chi connectivity index (χ0n) is 16.2. The minimum atomic E-state index is -1.09. The van der Waals surface area contributed by atoms with Crippen molar-refractivity contribution in [1.82, 2.24) is 4.98 Å². The van der Waals surface area contributed by atoms with Gasteiger partial charge in [-0.25, -0.2) is 0 Å². The number of aryl methyl sites for hydroxylation is 2. The zero-order chi connectivity index (χ0) is 20.4. The van der Waals surface area contributed by atoms with Gasteiger partial charge < -0.3 is 15.2 Å². The van der Waals surface area contributed by atoms with Crippen LogP contribution >= 0.6 is 11.8 Å². The maximum Gasteiger partial charge on any atom is 0.255 e. The highest BCUT2D eigenvalue weighted by Gasteiger charge is 2.21. The monoisotopic (exact) mass is 405 g/mol. The number of benzene rings is 2. The molecule has 1 amide bonds. The van der Waals surface area contributed by atoms with E-state index in [0.29, 0.717) is 5.56 Å². The predicted octanol–water partition coefficient (Wildman–Crippen LogP) is 3.38. The number of fused-ring (bicyclic) bond motifs is 2. The maximum absolute atomic E-state index is 12.8. The van der Waals surface area contributed by atoms with Gasteiger partial charge in [-0.3, -0.25) is 9.78 Å². The van der Waals surface area contributed by atoms with Gasteiger partial charge in [0, 0.05) is 33.0 Å². The first-order valence-electron chi connectivity index (χ1n) is 9.74. The van der Waals surface area contributed by atoms with Crippen molar-refractivity contribution in [2.75, 3.05) is 11.1 Å². The Hall–Kier alpha value is -2.86. The number of thioether (sulfide) groups is 1. The molecule has 4 rings (SSSR count). The standard InChI is InChI=1S/C23H22N2O3S/c1-2-14-6-3-4-8-18(14)25-23(28)15-10-11-17-20(12-15)24-19-9-5-7-16(19)22(17)29-13-21(26)27/h3-4,6,8,10-12H,2,5,7,9,13H2,1H3,(H,25,28)(H,26,27)/p-1. The van der Waals surface area contributed by atoms with E-state index in [0.717, 1.165) is 64.0 Å². The number of carboxylic acid groups (broad SMARTS) is 1. The molecule has 29 heavy (non-hydrogen) atoms. The third-order valence-electron chi connectivity index (χ3n) is 5.20. The van der Waals surface area contributed by atoms with E-state index in [9.17, 15) is 14.7 Å². The van der Waals surface area contributed by atoms with Crippen LogP contribution in [0, 0.1) is 0 Å². The number of rotatable bonds is 6. The number of nitrogens with zero attached hydrogens (tertiary/aromatic N) is 1. The average molecular weight is 405 g/mol. The van der Waals surface area contributed by atoms with Crippen LogP contribution in [-0.2, 0) is 24.1 Å². The molecule has 0 radical (unpaired) electrons. The summed E-state index contributed by atoms with van der Waals surface area (Å²) in [4.78, 5) is 29.5. The maximum atomic E-state index is 12.8. The molecule has 1 heterocycles. The van der Waals surface area contributed by atoms with Crippen LogP contribution in [-0.4, -0.2) is 22.6 Å². The quantitative estimate of drug-likeness (QED) is 0.636. The van der Waals surface area contributed by atoms with Gasteiger partial charge in [-0.1, -0.05) is 31.2 Å². The molecule has 0 spiro atoms. The number of aromatic nitrogens is 1. The molecular weight excluding hydrogens is 384 g/mol. The van der Waals surface area contributed by atoms with Crippen molar-refractivity contribution < 1.29 is 14.7 Å². The van der Waals surface area contributed by atoms with Crippen LogP contribution in [0.2, 0.25) is 0 Å². The molecule has 1 aliphatic rings. The van der Waals surface area contributed by atoms with E-state index in [1.54, 1.807) is 12.1 Å². The minimum absolute atomic E-state index is 0.0956. The number of hydrogen-bond donors (Lipinski definition) is 1. The van der Waals surface area contributed by atoms with Crippen LogP contribution in [0.25, 0.3) is 10.9 Å². The Morgan fingerprint density at radius 3 is 2.79 bits per heavy atom. The second-order valence-corrected chi connectivity index (χ2v) is 8.06. The molecule has 0 saturated heterocycles. The SMILES string of the molecule is CCc1ccccc1NC(=O)c1ccc2c(SCC(=O)[O-])c3c(nc2c1)CCC3. The largest absolute Gasteiger partial charge is 0.549 e. The van der Waals surface area contributed by atoms with Crippen LogP contribution in [0.15, 0.2) is 47.4 Å². The Bertz CT molecular complexity index is 1110. The smallest absolute Gasteiger partial charge is 0.255 e. The number of aliphatic carboxylic acids is 1. The summed E-state index contributed by atoms with van der Waals surface area (Å²) < 4.78 is 0. The van der Waals surface area contributed by atoms with Crippen LogP contribution < -0.4 is 10.4 Å². The molecule has 6 heteroatoms. The lowest BCUT2D eigenvalue weighted by Crippen LogP contribution is -2.24. The minimum Gasteiger partial charge on any atom is -0.549 e. The number of anilines is 1. The fourth-order valence-corrected chi connectivity index (χ4v) is 4.79. The summed E-state index contributed by atoms with van der Waals surface area (Å²) in [6.07, 6.45) is 3.63. The van der Waals surface area contributed by atoms with E-state index in [4.69, 9.17) is 4.98 Å². The summed E-state index contributed by atoms with van der Waals surface area (Å²) in [5, 5.41) is 14.9. The first-order valence-corrected chi connectivity index (χ1v) is 10.7. The summed E-state index contributed by atoms with van der Waals surface area (Å²) in [5.41, 5.74) is 5.29. The van der Waals surface area contributed by atoms with Crippen molar-refractivity contribution in [3.8, 4) is 0 Å². The molecule has 2 aromatic carbocycles. The molecule has 0 fully saturated rings. The Labute approximate surface area is 173 Å². The van der Waals surface area contributed by atoms with Crippen molar-refractivity contribution in [3.05, 3.63) is 64.8 Å². The zero-order valence-corrected chi connectivity index (χ0v) is 17.0. The van der Waals surface area contributed by atoms with Gasteiger partial charge in [-0.05, 0) is 55.0 Å². The average Bonchev–Trinajstić information content (AvgIpc) is 3.19. The van der Waals surface area contributed by atoms with Crippen molar-refractivity contribution in [3.63, 3.8) is 0 Å². The van der Waals surface area contributed by atoms with E-state index in [2.05, 4.69) is 12.2 Å². The Morgan fingerprint density at radius 1 is 1.17 bits per heavy atom. The second-order valence-electron chi connectivity index (χ2n) is 7.08. The lowest BCUT2D eigenvalue weighted by atomic mass is 10.1. The molecule has 0 bridgehead atoms. The number of pyridine rings is 1. The van der Waals surface area contributed by atoms with Crippen molar-refractivity contribution in [1.29, 1.82) is 0 Å². The third-order valence-corrected chi connectivity index (χ3v) is 6.34. The van der Waals surface area contributed by atoms with Crippen molar-refractivity contribution in [2.24, 2.45) is 0 Å². The van der Waals surface area contributed by atoms with E-state index in [1.807, 2.05) is 30.3 Å². The van der Waals surface area contributed by atoms with Gasteiger partial charge in [0.1, 0.15) is 0 Å². The molecule has 1 N–H and O–H groups in total. The summed E-state index contributed by atoms with van der Waals surface area (Å²) in [6, 6.07) is 13.2. The van der Waals surface area contributed by atoms with Gasteiger partial charge in [0.2, 0.25) is 0 Å². The topological polar surface area (TPSA) is 82.1 Å². The molecule has 148 valence electrons. The summed E-state index contributed by atoms with van der Waals surface area (Å²) >= 11 is 1.28. The molecule has 0 unspecified atom stereocenters. The number of amides is 1. The summed E-state index contributed by atoms with van der Waals surface area (Å²) in [7, 11) is 0. The fourth-order valence-electron chi connectivity index (χ4n) is 3.80. The first-order chi connectivity index (χ1) is 14.1. The van der Waals surface area contributed by atoms with Crippen molar-refractivity contribution >= 4 is 40.2 Å². The second kappa shape index (κ2) is 8.25. The molecule has 0 aliphatic heterocycles. The highest BCUT2D eigenvalue weighted by atomic mass is 32.2. The molecule has 3 aromatic rings. The molecule has 0 saturated carbocycles. The summed E-state index contributed by atoms with van der Waals surface area (Å²) in [5.74, 6) is -1.36. The van der Waals surface area contributed by atoms with Crippen molar-refractivity contribution in [2.45, 2.75) is 37.5 Å². The Morgan fingerprint density at radius 2 is 2.00 bits per heavy atom. The molecular formula is C23H21N2O3S-. The van der Waals surface area contributed by atoms with Crippen LogP contribution in [0.5, 0.6) is 0 Å². The van der Waals surface area contributed by atoms with E-state index in [-0.39, 0.29) is 11.7 Å². The number of hydrogen-bond acceptors (Lipinski definition) is 5. The number of carbonyl (C=O) groups is 2. The van der Waals surface area contributed by atoms with E-state index in [1.165, 1.54) is 11.8 Å². The van der Waals surface area contributed by atoms with Gasteiger partial charge in [-0.15, -0.1) is 11.8 Å². The highest BCUT2D eigenvalue weighted by molar-refractivity contribution is 8.00. The molecule has 1 aromatic heterocycles. The van der Waals surface area contributed by atoms with E-state index < -0.39 is 5.97 Å². The summed E-state index contributed by atoms with van der Waals surface area (Å²) in [6.45, 7) is 2.05. The molecule has 1 aliphatic carbocycles. The van der Waals surface area contributed by atoms with Gasteiger partial charge in [-0.2, -0.15) is 0 Å². The number of carboxylic acids is 1. The Balaban J connectivity index is 1.70. The van der Waals surface area contributed by atoms with Gasteiger partial charge in [0.15, 0.2) is 0 Å². The Kier molecular flexibility index (Phi) is 5.53. The van der Waals surface area contributed by atoms with Gasteiger partial charge in [0.25, 0.3) is 5.91 Å².